The van der Waals surface area contributed by atoms with Gasteiger partial charge in [-0.05, 0) is 25.5 Å². The summed E-state index contributed by atoms with van der Waals surface area (Å²) in [7, 11) is 0. The Morgan fingerprint density at radius 1 is 1.53 bits per heavy atom. The monoisotopic (exact) mass is 225 g/mol. The smallest absolute Gasteiger partial charge is 0.271 e. The Kier molecular flexibility index (Phi) is 4.77. The molecule has 0 fully saturated rings. The quantitative estimate of drug-likeness (QED) is 0.628. The van der Waals surface area contributed by atoms with Crippen molar-refractivity contribution < 1.29 is 4.79 Å². The number of aromatic nitrogens is 2. The predicted molar refractivity (Wildman–Crippen MR) is 58.8 cm³/mol. The van der Waals surface area contributed by atoms with Gasteiger partial charge in [0.05, 0.1) is 0 Å². The van der Waals surface area contributed by atoms with Crippen LogP contribution in [0.5, 0.6) is 0 Å². The summed E-state index contributed by atoms with van der Waals surface area (Å²) in [6, 6.07) is 3.08. The Labute approximate surface area is 93.4 Å². The van der Waals surface area contributed by atoms with Crippen molar-refractivity contribution in [1.29, 1.82) is 0 Å². The minimum absolute atomic E-state index is 0.233. The zero-order valence-electron chi connectivity index (χ0n) is 8.40. The maximum absolute atomic E-state index is 11.4. The lowest BCUT2D eigenvalue weighted by molar-refractivity contribution is 0.0948. The lowest BCUT2D eigenvalue weighted by atomic mass is 10.3. The molecule has 0 radical (unpaired) electrons. The fourth-order valence-corrected chi connectivity index (χ4v) is 1.06. The summed E-state index contributed by atoms with van der Waals surface area (Å²) in [5, 5.41) is 10.2. The highest BCUT2D eigenvalue weighted by atomic mass is 35.5. The molecule has 4 nitrogen and oxygen atoms in total. The summed E-state index contributed by atoms with van der Waals surface area (Å²) >= 11 is 5.55. The highest BCUT2D eigenvalue weighted by Gasteiger charge is 2.05. The van der Waals surface area contributed by atoms with Crippen LogP contribution < -0.4 is 5.32 Å². The van der Waals surface area contributed by atoms with Crippen molar-refractivity contribution in [1.82, 2.24) is 15.5 Å². The number of carbonyl (C=O) groups is 1. The first kappa shape index (κ1) is 11.7. The fraction of sp³-hybridized carbons (Fsp3) is 0.300. The van der Waals surface area contributed by atoms with E-state index in [4.69, 9.17) is 11.6 Å². The number of rotatable bonds is 4. The van der Waals surface area contributed by atoms with E-state index in [2.05, 4.69) is 15.5 Å². The van der Waals surface area contributed by atoms with Crippen LogP contribution in [0.15, 0.2) is 24.3 Å². The van der Waals surface area contributed by atoms with E-state index in [0.717, 1.165) is 6.42 Å². The van der Waals surface area contributed by atoms with Crippen molar-refractivity contribution in [2.24, 2.45) is 0 Å². The van der Waals surface area contributed by atoms with Crippen molar-refractivity contribution in [3.63, 3.8) is 0 Å². The number of hydrogen-bond acceptors (Lipinski definition) is 3. The van der Waals surface area contributed by atoms with Crippen LogP contribution in [-0.4, -0.2) is 22.6 Å². The molecule has 1 heterocycles. The largest absolute Gasteiger partial charge is 0.350 e. The van der Waals surface area contributed by atoms with Crippen molar-refractivity contribution >= 4 is 17.5 Å². The van der Waals surface area contributed by atoms with E-state index >= 15 is 0 Å². The highest BCUT2D eigenvalue weighted by molar-refractivity contribution is 6.29. The zero-order chi connectivity index (χ0) is 11.1. The number of nitrogens with one attached hydrogen (secondary N) is 1. The average molecular weight is 226 g/mol. The summed E-state index contributed by atoms with van der Waals surface area (Å²) in [5.41, 5.74) is 0.278. The molecule has 0 saturated heterocycles. The Hall–Kier alpha value is -1.42. The number of nitrogens with zero attached hydrogens (tertiary/aromatic N) is 2. The third-order valence-corrected chi connectivity index (χ3v) is 1.90. The van der Waals surface area contributed by atoms with Crippen LogP contribution in [0.2, 0.25) is 5.15 Å². The zero-order valence-corrected chi connectivity index (χ0v) is 9.16. The third kappa shape index (κ3) is 4.08. The van der Waals surface area contributed by atoms with Gasteiger partial charge in [0.2, 0.25) is 0 Å². The molecule has 80 valence electrons. The van der Waals surface area contributed by atoms with Gasteiger partial charge in [0.1, 0.15) is 0 Å². The van der Waals surface area contributed by atoms with Gasteiger partial charge in [-0.3, -0.25) is 4.79 Å². The number of allylic oxidation sites excluding steroid dienone is 1. The van der Waals surface area contributed by atoms with E-state index in [1.165, 1.54) is 6.07 Å². The second kappa shape index (κ2) is 6.14. The molecule has 0 aliphatic heterocycles. The van der Waals surface area contributed by atoms with Crippen LogP contribution in [0, 0.1) is 0 Å². The minimum Gasteiger partial charge on any atom is -0.350 e. The first-order valence-corrected chi connectivity index (χ1v) is 5.00. The highest BCUT2D eigenvalue weighted by Crippen LogP contribution is 2.01. The van der Waals surface area contributed by atoms with Gasteiger partial charge >= 0.3 is 0 Å². The van der Waals surface area contributed by atoms with Crippen molar-refractivity contribution in [2.75, 3.05) is 6.54 Å². The van der Waals surface area contributed by atoms with Gasteiger partial charge in [0.15, 0.2) is 10.8 Å². The molecule has 0 atom stereocenters. The molecule has 0 aromatic carbocycles. The summed E-state index contributed by atoms with van der Waals surface area (Å²) in [6.45, 7) is 2.53. The van der Waals surface area contributed by atoms with E-state index in [-0.39, 0.29) is 16.8 Å². The molecular weight excluding hydrogens is 214 g/mol. The summed E-state index contributed by atoms with van der Waals surface area (Å²) in [4.78, 5) is 11.4. The molecular formula is C10H12ClN3O. The summed E-state index contributed by atoms with van der Waals surface area (Å²) in [6.07, 6.45) is 4.73. The normalized spacial score (nSPS) is 10.5. The van der Waals surface area contributed by atoms with Crippen LogP contribution in [0.3, 0.4) is 0 Å². The van der Waals surface area contributed by atoms with Crippen molar-refractivity contribution in [3.05, 3.63) is 35.1 Å². The van der Waals surface area contributed by atoms with Crippen LogP contribution >= 0.6 is 11.6 Å². The fourth-order valence-electron chi connectivity index (χ4n) is 0.963. The second-order valence-electron chi connectivity index (χ2n) is 2.85. The minimum atomic E-state index is -0.233. The Morgan fingerprint density at radius 3 is 2.93 bits per heavy atom. The molecule has 1 rings (SSSR count). The number of hydrogen-bond donors (Lipinski definition) is 1. The first-order valence-electron chi connectivity index (χ1n) is 4.62. The van der Waals surface area contributed by atoms with Crippen LogP contribution in [0.1, 0.15) is 23.8 Å². The first-order chi connectivity index (χ1) is 7.24. The molecule has 0 aliphatic rings. The van der Waals surface area contributed by atoms with Gasteiger partial charge in [-0.15, -0.1) is 10.2 Å². The van der Waals surface area contributed by atoms with Crippen molar-refractivity contribution in [3.8, 4) is 0 Å². The predicted octanol–water partition coefficient (Wildman–Crippen LogP) is 1.83. The lowest BCUT2D eigenvalue weighted by Gasteiger charge is -2.01. The van der Waals surface area contributed by atoms with Gasteiger partial charge in [0.25, 0.3) is 5.91 Å². The molecule has 1 N–H and O–H groups in total. The average Bonchev–Trinajstić information content (AvgIpc) is 2.25. The van der Waals surface area contributed by atoms with Gasteiger partial charge < -0.3 is 5.32 Å². The molecule has 0 aliphatic carbocycles. The number of halogens is 1. The van der Waals surface area contributed by atoms with Gasteiger partial charge in [-0.25, -0.2) is 0 Å². The third-order valence-electron chi connectivity index (χ3n) is 1.70. The topological polar surface area (TPSA) is 54.9 Å². The Morgan fingerprint density at radius 2 is 2.33 bits per heavy atom. The van der Waals surface area contributed by atoms with Crippen LogP contribution in [0.4, 0.5) is 0 Å². The number of carbonyl (C=O) groups excluding carboxylic acids is 1. The molecule has 1 amide bonds. The molecule has 0 unspecified atom stereocenters. The maximum Gasteiger partial charge on any atom is 0.271 e. The van der Waals surface area contributed by atoms with E-state index in [1.807, 2.05) is 19.1 Å². The number of amides is 1. The lowest BCUT2D eigenvalue weighted by Crippen LogP contribution is -2.25. The summed E-state index contributed by atoms with van der Waals surface area (Å²) < 4.78 is 0. The van der Waals surface area contributed by atoms with E-state index in [9.17, 15) is 4.79 Å². The van der Waals surface area contributed by atoms with Gasteiger partial charge in [-0.2, -0.15) is 0 Å². The van der Waals surface area contributed by atoms with E-state index in [0.29, 0.717) is 6.54 Å². The van der Waals surface area contributed by atoms with Crippen LogP contribution in [-0.2, 0) is 0 Å². The van der Waals surface area contributed by atoms with E-state index < -0.39 is 0 Å². The molecule has 1 aromatic heterocycles. The van der Waals surface area contributed by atoms with Crippen molar-refractivity contribution in [2.45, 2.75) is 13.3 Å². The maximum atomic E-state index is 11.4. The Bertz CT molecular complexity index is 348. The molecule has 0 spiro atoms. The molecule has 1 aromatic rings. The second-order valence-corrected chi connectivity index (χ2v) is 3.24. The van der Waals surface area contributed by atoms with Gasteiger partial charge in [-0.1, -0.05) is 23.8 Å². The standard InChI is InChI=1S/C10H12ClN3O/c1-2-3-4-7-12-10(15)8-5-6-9(11)14-13-8/h2-3,5-6H,4,7H2,1H3,(H,12,15)/b3-2+. The molecule has 0 bridgehead atoms. The SMILES string of the molecule is C/C=C/CCNC(=O)c1ccc(Cl)nn1. The molecule has 15 heavy (non-hydrogen) atoms. The Balaban J connectivity index is 2.43. The summed E-state index contributed by atoms with van der Waals surface area (Å²) in [5.74, 6) is -0.233. The molecule has 0 saturated carbocycles. The van der Waals surface area contributed by atoms with Gasteiger partial charge in [0, 0.05) is 6.54 Å². The van der Waals surface area contributed by atoms with Crippen LogP contribution in [0.25, 0.3) is 0 Å². The van der Waals surface area contributed by atoms with E-state index in [1.54, 1.807) is 6.07 Å². The molecule has 5 heteroatoms.